The lowest BCUT2D eigenvalue weighted by atomic mass is 10.2. The highest BCUT2D eigenvalue weighted by Crippen LogP contribution is 2.29. The smallest absolute Gasteiger partial charge is 0.237 e. The summed E-state index contributed by atoms with van der Waals surface area (Å²) >= 11 is 0. The van der Waals surface area contributed by atoms with Crippen molar-refractivity contribution < 1.29 is 12.3 Å². The first-order valence-corrected chi connectivity index (χ1v) is 5.22. The summed E-state index contributed by atoms with van der Waals surface area (Å²) < 4.78 is 36.4. The second-order valence-corrected chi connectivity index (χ2v) is 4.06. The Hall–Kier alpha value is -0.433. The van der Waals surface area contributed by atoms with Gasteiger partial charge >= 0.3 is 9.08 Å². The maximum atomic E-state index is 12.1. The maximum absolute atomic E-state index is 12.1. The Bertz CT molecular complexity index is 163. The minimum Gasteiger partial charge on any atom is -0.237 e. The molecule has 11 heavy (non-hydrogen) atoms. The van der Waals surface area contributed by atoms with E-state index >= 15 is 0 Å². The normalized spacial score (nSPS) is 13.5. The van der Waals surface area contributed by atoms with Crippen LogP contribution in [0, 0.1) is 11.8 Å². The van der Waals surface area contributed by atoms with Crippen LogP contribution in [0.3, 0.4) is 0 Å². The first-order chi connectivity index (χ1) is 5.02. The first kappa shape index (κ1) is 10.6. The van der Waals surface area contributed by atoms with Crippen molar-refractivity contribution in [1.29, 1.82) is 0 Å². The highest BCUT2D eigenvalue weighted by molar-refractivity contribution is 6.61. The van der Waals surface area contributed by atoms with Crippen molar-refractivity contribution in [2.45, 2.75) is 32.2 Å². The Labute approximate surface area is 66.3 Å². The molecule has 0 rings (SSSR count). The van der Waals surface area contributed by atoms with Crippen LogP contribution in [-0.2, 0) is 0 Å². The van der Waals surface area contributed by atoms with Crippen LogP contribution in [0.4, 0.5) is 12.3 Å². The van der Waals surface area contributed by atoms with Crippen molar-refractivity contribution in [3.63, 3.8) is 0 Å². The van der Waals surface area contributed by atoms with Gasteiger partial charge in [0.1, 0.15) is 5.54 Å². The van der Waals surface area contributed by atoms with E-state index in [1.807, 2.05) is 0 Å². The first-order valence-electron chi connectivity index (χ1n) is 3.51. The van der Waals surface area contributed by atoms with Gasteiger partial charge in [0.25, 0.3) is 0 Å². The molecule has 0 aliphatic carbocycles. The Morgan fingerprint density at radius 3 is 2.18 bits per heavy atom. The van der Waals surface area contributed by atoms with E-state index in [9.17, 15) is 12.3 Å². The van der Waals surface area contributed by atoms with E-state index in [1.165, 1.54) is 6.92 Å². The van der Waals surface area contributed by atoms with E-state index in [0.717, 1.165) is 0 Å². The molecule has 0 fully saturated rings. The van der Waals surface area contributed by atoms with Gasteiger partial charge in [-0.1, -0.05) is 19.3 Å². The van der Waals surface area contributed by atoms with Crippen LogP contribution in [0.25, 0.3) is 0 Å². The molecule has 0 saturated carbocycles. The van der Waals surface area contributed by atoms with Crippen LogP contribution in [0.2, 0.25) is 5.54 Å². The average Bonchev–Trinajstić information content (AvgIpc) is 1.85. The van der Waals surface area contributed by atoms with Gasteiger partial charge in [0.05, 0.1) is 0 Å². The minimum atomic E-state index is -5.50. The third-order valence-electron chi connectivity index (χ3n) is 1.29. The van der Waals surface area contributed by atoms with Gasteiger partial charge in [-0.05, 0) is 13.3 Å². The van der Waals surface area contributed by atoms with Gasteiger partial charge in [-0.25, -0.2) is 12.3 Å². The molecule has 0 heterocycles. The van der Waals surface area contributed by atoms with Gasteiger partial charge in [0.2, 0.25) is 0 Å². The molecule has 0 aromatic carbocycles. The van der Waals surface area contributed by atoms with Crippen molar-refractivity contribution in [2.75, 3.05) is 0 Å². The lowest BCUT2D eigenvalue weighted by molar-refractivity contribution is 0.445. The molecule has 1 unspecified atom stereocenters. The topological polar surface area (TPSA) is 0 Å². The van der Waals surface area contributed by atoms with Gasteiger partial charge in [-0.15, -0.1) is 5.92 Å². The molecule has 0 nitrogen and oxygen atoms in total. The molecule has 0 aliphatic heterocycles. The van der Waals surface area contributed by atoms with Gasteiger partial charge in [-0.3, -0.25) is 0 Å². The minimum absolute atomic E-state index is 0.163. The molecule has 0 aromatic heterocycles. The zero-order chi connectivity index (χ0) is 8.91. The molecule has 0 aromatic rings. The molecule has 0 saturated heterocycles. The van der Waals surface area contributed by atoms with Crippen molar-refractivity contribution in [1.82, 2.24) is 0 Å². The highest BCUT2D eigenvalue weighted by Gasteiger charge is 2.45. The fraction of sp³-hybridized carbons (Fsp3) is 0.714. The monoisotopic (exact) mass is 180 g/mol. The largest absolute Gasteiger partial charge is 0.631 e. The number of hydrogen-bond donors (Lipinski definition) is 0. The molecule has 4 heteroatoms. The second kappa shape index (κ2) is 4.45. The molecule has 1 atom stereocenters. The van der Waals surface area contributed by atoms with Crippen LogP contribution >= 0.6 is 0 Å². The average molecular weight is 180 g/mol. The molecule has 0 N–H and O–H groups in total. The summed E-state index contributed by atoms with van der Waals surface area (Å²) in [6, 6.07) is 0. The van der Waals surface area contributed by atoms with Crippen molar-refractivity contribution >= 4 is 9.08 Å². The summed E-state index contributed by atoms with van der Waals surface area (Å²) in [4.78, 5) is 0. The lowest BCUT2D eigenvalue weighted by Gasteiger charge is -2.09. The zero-order valence-corrected chi connectivity index (χ0v) is 7.63. The third kappa shape index (κ3) is 4.09. The van der Waals surface area contributed by atoms with E-state index in [4.69, 9.17) is 0 Å². The van der Waals surface area contributed by atoms with Gasteiger partial charge in [-0.2, -0.15) is 0 Å². The summed E-state index contributed by atoms with van der Waals surface area (Å²) in [6.45, 7) is 3.19. The summed E-state index contributed by atoms with van der Waals surface area (Å²) in [6.07, 6.45) is 0.711. The van der Waals surface area contributed by atoms with E-state index in [2.05, 4.69) is 11.8 Å². The van der Waals surface area contributed by atoms with Crippen LogP contribution in [0.5, 0.6) is 0 Å². The lowest BCUT2D eigenvalue weighted by Crippen LogP contribution is -2.22. The summed E-state index contributed by atoms with van der Waals surface area (Å²) in [5.41, 5.74) is -1.29. The molecule has 0 aliphatic rings. The van der Waals surface area contributed by atoms with E-state index < -0.39 is 14.6 Å². The van der Waals surface area contributed by atoms with Crippen molar-refractivity contribution in [3.05, 3.63) is 0 Å². The molecule has 64 valence electrons. The molecule has 0 bridgehead atoms. The van der Waals surface area contributed by atoms with E-state index in [1.54, 1.807) is 6.92 Å². The Kier molecular flexibility index (Phi) is 4.27. The Morgan fingerprint density at radius 1 is 1.36 bits per heavy atom. The van der Waals surface area contributed by atoms with Crippen LogP contribution < -0.4 is 0 Å². The summed E-state index contributed by atoms with van der Waals surface area (Å²) in [5, 5.41) is 0. The summed E-state index contributed by atoms with van der Waals surface area (Å²) in [5.74, 6) is 4.53. The Morgan fingerprint density at radius 2 is 1.91 bits per heavy atom. The van der Waals surface area contributed by atoms with Crippen LogP contribution in [0.15, 0.2) is 0 Å². The molecule has 0 radical (unpaired) electrons. The molecular formula is C7H11F3Si. The highest BCUT2D eigenvalue weighted by atomic mass is 28.5. The van der Waals surface area contributed by atoms with Crippen molar-refractivity contribution in [3.8, 4) is 11.8 Å². The van der Waals surface area contributed by atoms with Crippen LogP contribution in [0.1, 0.15) is 26.7 Å². The number of halogens is 3. The van der Waals surface area contributed by atoms with Crippen LogP contribution in [-0.4, -0.2) is 9.08 Å². The maximum Gasteiger partial charge on any atom is 0.631 e. The second-order valence-electron chi connectivity index (χ2n) is 2.28. The standard InChI is InChI=1S/C7H11F3Si/c1-3-5-7(6-4-2)11(8,9)10/h7H,3,5H2,1-2H3. The fourth-order valence-corrected chi connectivity index (χ4v) is 1.70. The molecule has 0 amide bonds. The molecular weight excluding hydrogens is 169 g/mol. The SMILES string of the molecule is CC#CC(CCC)[Si](F)(F)F. The van der Waals surface area contributed by atoms with E-state index in [-0.39, 0.29) is 6.42 Å². The van der Waals surface area contributed by atoms with Crippen molar-refractivity contribution in [2.24, 2.45) is 0 Å². The number of rotatable bonds is 3. The van der Waals surface area contributed by atoms with Gasteiger partial charge in [0, 0.05) is 0 Å². The number of hydrogen-bond acceptors (Lipinski definition) is 0. The molecule has 0 spiro atoms. The predicted molar refractivity (Wildman–Crippen MR) is 41.2 cm³/mol. The summed E-state index contributed by atoms with van der Waals surface area (Å²) in [7, 11) is -5.50. The quantitative estimate of drug-likeness (QED) is 0.356. The van der Waals surface area contributed by atoms with Gasteiger partial charge in [0.15, 0.2) is 0 Å². The predicted octanol–water partition coefficient (Wildman–Crippen LogP) is 3.03. The fourth-order valence-electron chi connectivity index (χ4n) is 0.781. The zero-order valence-electron chi connectivity index (χ0n) is 6.63. The third-order valence-corrected chi connectivity index (χ3v) is 2.51. The van der Waals surface area contributed by atoms with E-state index in [0.29, 0.717) is 6.42 Å². The van der Waals surface area contributed by atoms with Gasteiger partial charge < -0.3 is 0 Å². The Balaban J connectivity index is 4.18.